The lowest BCUT2D eigenvalue weighted by Gasteiger charge is -2.05. The highest BCUT2D eigenvalue weighted by molar-refractivity contribution is 6.30. The van der Waals surface area contributed by atoms with Gasteiger partial charge < -0.3 is 5.32 Å². The molecule has 0 bridgehead atoms. The molecular weight excluding hydrogens is 265 g/mol. The van der Waals surface area contributed by atoms with Crippen LogP contribution in [0.5, 0.6) is 0 Å². The van der Waals surface area contributed by atoms with Crippen molar-refractivity contribution in [3.05, 3.63) is 64.9 Å². The Kier molecular flexibility index (Phi) is 4.53. The van der Waals surface area contributed by atoms with E-state index in [1.54, 1.807) is 36.4 Å². The maximum atomic E-state index is 13.0. The van der Waals surface area contributed by atoms with Gasteiger partial charge in [-0.2, -0.15) is 0 Å². The second-order valence-corrected chi connectivity index (χ2v) is 4.62. The van der Waals surface area contributed by atoms with Crippen molar-refractivity contribution >= 4 is 23.2 Å². The Morgan fingerprint density at radius 1 is 1.16 bits per heavy atom. The van der Waals surface area contributed by atoms with Gasteiger partial charge in [-0.25, -0.2) is 4.39 Å². The van der Waals surface area contributed by atoms with Gasteiger partial charge in [0.15, 0.2) is 0 Å². The first-order valence-corrected chi connectivity index (χ1v) is 6.31. The normalized spacial score (nSPS) is 10.2. The van der Waals surface area contributed by atoms with Crippen LogP contribution in [0.25, 0.3) is 0 Å². The van der Waals surface area contributed by atoms with E-state index in [2.05, 4.69) is 5.32 Å². The molecule has 0 saturated heterocycles. The van der Waals surface area contributed by atoms with Crippen LogP contribution in [0.1, 0.15) is 12.0 Å². The number of carbonyl (C=O) groups is 1. The van der Waals surface area contributed by atoms with Crippen LogP contribution in [0.2, 0.25) is 5.02 Å². The SMILES string of the molecule is O=C(CCc1cccc(F)c1)Nc1ccc(Cl)cc1. The van der Waals surface area contributed by atoms with Crippen LogP contribution in [0.15, 0.2) is 48.5 Å². The number of carbonyl (C=O) groups excluding carboxylic acids is 1. The van der Waals surface area contributed by atoms with Crippen LogP contribution in [-0.4, -0.2) is 5.91 Å². The summed E-state index contributed by atoms with van der Waals surface area (Å²) in [6.45, 7) is 0. The van der Waals surface area contributed by atoms with Crippen molar-refractivity contribution in [1.29, 1.82) is 0 Å². The third-order valence-electron chi connectivity index (χ3n) is 2.66. The molecule has 1 N–H and O–H groups in total. The van der Waals surface area contributed by atoms with E-state index >= 15 is 0 Å². The molecule has 0 aliphatic heterocycles. The van der Waals surface area contributed by atoms with E-state index < -0.39 is 0 Å². The van der Waals surface area contributed by atoms with Crippen LogP contribution in [-0.2, 0) is 11.2 Å². The second kappa shape index (κ2) is 6.34. The van der Waals surface area contributed by atoms with E-state index in [0.29, 0.717) is 23.6 Å². The van der Waals surface area contributed by atoms with E-state index in [1.807, 2.05) is 0 Å². The highest BCUT2D eigenvalue weighted by Gasteiger charge is 2.03. The molecule has 0 unspecified atom stereocenters. The summed E-state index contributed by atoms with van der Waals surface area (Å²) in [5.41, 5.74) is 1.51. The number of aryl methyl sites for hydroxylation is 1. The number of benzene rings is 2. The van der Waals surface area contributed by atoms with Crippen LogP contribution >= 0.6 is 11.6 Å². The molecule has 0 aliphatic rings. The zero-order valence-corrected chi connectivity index (χ0v) is 11.0. The molecule has 0 radical (unpaired) electrons. The molecule has 1 amide bonds. The number of rotatable bonds is 4. The summed E-state index contributed by atoms with van der Waals surface area (Å²) in [7, 11) is 0. The minimum Gasteiger partial charge on any atom is -0.326 e. The molecule has 0 aliphatic carbocycles. The van der Waals surface area contributed by atoms with Gasteiger partial charge in [-0.15, -0.1) is 0 Å². The van der Waals surface area contributed by atoms with Crippen molar-refractivity contribution in [2.24, 2.45) is 0 Å². The van der Waals surface area contributed by atoms with E-state index in [-0.39, 0.29) is 11.7 Å². The van der Waals surface area contributed by atoms with Crippen molar-refractivity contribution in [2.75, 3.05) is 5.32 Å². The van der Waals surface area contributed by atoms with Gasteiger partial charge >= 0.3 is 0 Å². The summed E-state index contributed by atoms with van der Waals surface area (Å²) in [6.07, 6.45) is 0.823. The molecule has 0 heterocycles. The molecular formula is C15H13ClFNO. The highest BCUT2D eigenvalue weighted by atomic mass is 35.5. The summed E-state index contributed by atoms with van der Waals surface area (Å²) >= 11 is 5.76. The third kappa shape index (κ3) is 4.38. The van der Waals surface area contributed by atoms with Crippen molar-refractivity contribution in [3.63, 3.8) is 0 Å². The first kappa shape index (κ1) is 13.6. The average Bonchev–Trinajstić information content (AvgIpc) is 2.39. The van der Waals surface area contributed by atoms with Crippen molar-refractivity contribution in [1.82, 2.24) is 0 Å². The number of amides is 1. The quantitative estimate of drug-likeness (QED) is 0.897. The zero-order valence-electron chi connectivity index (χ0n) is 10.2. The minimum atomic E-state index is -0.282. The van der Waals surface area contributed by atoms with Crippen molar-refractivity contribution < 1.29 is 9.18 Å². The maximum Gasteiger partial charge on any atom is 0.224 e. The lowest BCUT2D eigenvalue weighted by molar-refractivity contribution is -0.116. The van der Waals surface area contributed by atoms with E-state index in [0.717, 1.165) is 5.56 Å². The van der Waals surface area contributed by atoms with Gasteiger partial charge in [0.1, 0.15) is 5.82 Å². The Labute approximate surface area is 116 Å². The predicted molar refractivity (Wildman–Crippen MR) is 74.8 cm³/mol. The molecule has 98 valence electrons. The topological polar surface area (TPSA) is 29.1 Å². The first-order chi connectivity index (χ1) is 9.13. The first-order valence-electron chi connectivity index (χ1n) is 5.93. The summed E-state index contributed by atoms with van der Waals surface area (Å²) in [6, 6.07) is 13.2. The lowest BCUT2D eigenvalue weighted by Crippen LogP contribution is -2.12. The Hall–Kier alpha value is -1.87. The molecule has 0 saturated carbocycles. The summed E-state index contributed by atoms with van der Waals surface area (Å²) in [4.78, 5) is 11.7. The molecule has 2 rings (SSSR count). The molecule has 2 aromatic carbocycles. The lowest BCUT2D eigenvalue weighted by atomic mass is 10.1. The standard InChI is InChI=1S/C15H13ClFNO/c16-12-5-7-14(8-6-12)18-15(19)9-4-11-2-1-3-13(17)10-11/h1-3,5-8,10H,4,9H2,(H,18,19). The summed E-state index contributed by atoms with van der Waals surface area (Å²) in [5.74, 6) is -0.387. The Morgan fingerprint density at radius 3 is 2.58 bits per heavy atom. The molecule has 19 heavy (non-hydrogen) atoms. The number of hydrogen-bond donors (Lipinski definition) is 1. The predicted octanol–water partition coefficient (Wildman–Crippen LogP) is 4.05. The third-order valence-corrected chi connectivity index (χ3v) is 2.91. The van der Waals surface area contributed by atoms with Gasteiger partial charge in [-0.3, -0.25) is 4.79 Å². The fraction of sp³-hybridized carbons (Fsp3) is 0.133. The Morgan fingerprint density at radius 2 is 1.89 bits per heavy atom. The number of halogens is 2. The van der Waals surface area contributed by atoms with Crippen LogP contribution in [0.4, 0.5) is 10.1 Å². The highest BCUT2D eigenvalue weighted by Crippen LogP contribution is 2.14. The molecule has 0 atom stereocenters. The van der Waals surface area contributed by atoms with Gasteiger partial charge in [0, 0.05) is 17.1 Å². The second-order valence-electron chi connectivity index (χ2n) is 4.18. The maximum absolute atomic E-state index is 13.0. The zero-order chi connectivity index (χ0) is 13.7. The monoisotopic (exact) mass is 277 g/mol. The molecule has 0 fully saturated rings. The van der Waals surface area contributed by atoms with E-state index in [9.17, 15) is 9.18 Å². The molecule has 0 aromatic heterocycles. The Bertz CT molecular complexity index is 569. The fourth-order valence-electron chi connectivity index (χ4n) is 1.71. The average molecular weight is 278 g/mol. The Balaban J connectivity index is 1.86. The number of anilines is 1. The van der Waals surface area contributed by atoms with Crippen molar-refractivity contribution in [3.8, 4) is 0 Å². The summed E-state index contributed by atoms with van der Waals surface area (Å²) < 4.78 is 13.0. The van der Waals surface area contributed by atoms with Gasteiger partial charge in [-0.05, 0) is 48.4 Å². The largest absolute Gasteiger partial charge is 0.326 e. The smallest absolute Gasteiger partial charge is 0.224 e. The van der Waals surface area contributed by atoms with Gasteiger partial charge in [-0.1, -0.05) is 23.7 Å². The number of hydrogen-bond acceptors (Lipinski definition) is 1. The van der Waals surface area contributed by atoms with E-state index in [4.69, 9.17) is 11.6 Å². The molecule has 2 aromatic rings. The van der Waals surface area contributed by atoms with Crippen LogP contribution in [0.3, 0.4) is 0 Å². The van der Waals surface area contributed by atoms with Crippen LogP contribution in [0, 0.1) is 5.82 Å². The summed E-state index contributed by atoms with van der Waals surface area (Å²) in [5, 5.41) is 3.39. The molecule has 4 heteroatoms. The van der Waals surface area contributed by atoms with Gasteiger partial charge in [0.25, 0.3) is 0 Å². The van der Waals surface area contributed by atoms with Gasteiger partial charge in [0.05, 0.1) is 0 Å². The molecule has 0 spiro atoms. The fourth-order valence-corrected chi connectivity index (χ4v) is 1.83. The minimum absolute atomic E-state index is 0.105. The van der Waals surface area contributed by atoms with Crippen molar-refractivity contribution in [2.45, 2.75) is 12.8 Å². The number of nitrogens with one attached hydrogen (secondary N) is 1. The van der Waals surface area contributed by atoms with Crippen LogP contribution < -0.4 is 5.32 Å². The molecule has 2 nitrogen and oxygen atoms in total. The van der Waals surface area contributed by atoms with Gasteiger partial charge in [0.2, 0.25) is 5.91 Å². The van der Waals surface area contributed by atoms with E-state index in [1.165, 1.54) is 12.1 Å².